The summed E-state index contributed by atoms with van der Waals surface area (Å²) in [4.78, 5) is 16.9. The molecule has 1 unspecified atom stereocenters. The lowest BCUT2D eigenvalue weighted by molar-refractivity contribution is -0.122. The molecule has 1 fully saturated rings. The maximum atomic E-state index is 11.9. The van der Waals surface area contributed by atoms with E-state index in [2.05, 4.69) is 59.3 Å². The van der Waals surface area contributed by atoms with E-state index in [9.17, 15) is 4.79 Å². The molecule has 24 heavy (non-hydrogen) atoms. The monoisotopic (exact) mass is 331 g/mol. The van der Waals surface area contributed by atoms with Crippen LogP contribution in [0.1, 0.15) is 38.7 Å². The van der Waals surface area contributed by atoms with Gasteiger partial charge >= 0.3 is 0 Å². The summed E-state index contributed by atoms with van der Waals surface area (Å²) in [6, 6.07) is 10.7. The first-order valence-electron chi connectivity index (χ1n) is 9.42. The zero-order chi connectivity index (χ0) is 17.2. The number of carbonyl (C=O) groups is 1. The second-order valence-electron chi connectivity index (χ2n) is 7.05. The molecule has 1 heterocycles. The van der Waals surface area contributed by atoms with Gasteiger partial charge in [-0.05, 0) is 11.5 Å². The summed E-state index contributed by atoms with van der Waals surface area (Å²) in [7, 11) is 0. The molecule has 1 aromatic rings. The molecule has 1 aliphatic rings. The number of piperazine rings is 1. The van der Waals surface area contributed by atoms with Gasteiger partial charge in [0.1, 0.15) is 0 Å². The van der Waals surface area contributed by atoms with Crippen molar-refractivity contribution in [3.05, 3.63) is 35.9 Å². The van der Waals surface area contributed by atoms with E-state index in [4.69, 9.17) is 0 Å². The average molecular weight is 332 g/mol. The summed E-state index contributed by atoms with van der Waals surface area (Å²) in [5.41, 5.74) is 1.39. The number of rotatable bonds is 9. The van der Waals surface area contributed by atoms with Crippen molar-refractivity contribution in [2.75, 3.05) is 39.3 Å². The summed E-state index contributed by atoms with van der Waals surface area (Å²) in [5, 5.41) is 3.08. The van der Waals surface area contributed by atoms with Gasteiger partial charge in [0.05, 0.1) is 0 Å². The number of benzene rings is 1. The van der Waals surface area contributed by atoms with Crippen molar-refractivity contribution in [1.29, 1.82) is 0 Å². The third kappa shape index (κ3) is 7.02. The first-order valence-corrected chi connectivity index (χ1v) is 9.42. The Hall–Kier alpha value is -1.39. The van der Waals surface area contributed by atoms with E-state index in [1.807, 2.05) is 0 Å². The van der Waals surface area contributed by atoms with E-state index < -0.39 is 0 Å². The minimum Gasteiger partial charge on any atom is -0.355 e. The van der Waals surface area contributed by atoms with Gasteiger partial charge in [-0.15, -0.1) is 0 Å². The maximum Gasteiger partial charge on any atom is 0.220 e. The van der Waals surface area contributed by atoms with Gasteiger partial charge in [-0.2, -0.15) is 0 Å². The van der Waals surface area contributed by atoms with E-state index in [0.29, 0.717) is 12.3 Å². The molecule has 0 saturated carbocycles. The third-order valence-corrected chi connectivity index (χ3v) is 4.78. The number of nitrogens with one attached hydrogen (secondary N) is 1. The second kappa shape index (κ2) is 10.5. The number of hydrogen-bond donors (Lipinski definition) is 1. The minimum atomic E-state index is 0.207. The lowest BCUT2D eigenvalue weighted by Gasteiger charge is -2.34. The van der Waals surface area contributed by atoms with E-state index in [1.54, 1.807) is 0 Å². The van der Waals surface area contributed by atoms with E-state index >= 15 is 0 Å². The fourth-order valence-electron chi connectivity index (χ4n) is 3.35. The predicted molar refractivity (Wildman–Crippen MR) is 99.9 cm³/mol. The van der Waals surface area contributed by atoms with Gasteiger partial charge in [-0.3, -0.25) is 14.6 Å². The predicted octanol–water partition coefficient (Wildman–Crippen LogP) is 2.75. The first-order chi connectivity index (χ1) is 11.7. The van der Waals surface area contributed by atoms with E-state index in [1.165, 1.54) is 5.56 Å². The largest absolute Gasteiger partial charge is 0.355 e. The lowest BCUT2D eigenvalue weighted by atomic mass is 10.0. The SMILES string of the molecule is CCCC(C)CC(=O)NCCN1CCN(Cc2ccccc2)CC1. The summed E-state index contributed by atoms with van der Waals surface area (Å²) in [6.07, 6.45) is 2.96. The molecule has 0 aliphatic carbocycles. The Kier molecular flexibility index (Phi) is 8.26. The van der Waals surface area contributed by atoms with Crippen LogP contribution in [0.25, 0.3) is 0 Å². The zero-order valence-corrected chi connectivity index (χ0v) is 15.3. The Bertz CT molecular complexity index is 469. The van der Waals surface area contributed by atoms with Gasteiger partial charge in [-0.25, -0.2) is 0 Å². The topological polar surface area (TPSA) is 35.6 Å². The van der Waals surface area contributed by atoms with Crippen LogP contribution in [0.4, 0.5) is 0 Å². The van der Waals surface area contributed by atoms with Crippen LogP contribution in [0.3, 0.4) is 0 Å². The lowest BCUT2D eigenvalue weighted by Crippen LogP contribution is -2.48. The molecule has 1 aliphatic heterocycles. The van der Waals surface area contributed by atoms with Crippen LogP contribution in [0.5, 0.6) is 0 Å². The molecular weight excluding hydrogens is 298 g/mol. The third-order valence-electron chi connectivity index (χ3n) is 4.78. The van der Waals surface area contributed by atoms with Gasteiger partial charge < -0.3 is 5.32 Å². The molecule has 1 saturated heterocycles. The molecule has 1 N–H and O–H groups in total. The Balaban J connectivity index is 1.57. The highest BCUT2D eigenvalue weighted by atomic mass is 16.1. The van der Waals surface area contributed by atoms with Crippen LogP contribution < -0.4 is 5.32 Å². The maximum absolute atomic E-state index is 11.9. The molecule has 1 amide bonds. The number of nitrogens with zero attached hydrogens (tertiary/aromatic N) is 2. The van der Waals surface area contributed by atoms with Crippen molar-refractivity contribution in [3.63, 3.8) is 0 Å². The van der Waals surface area contributed by atoms with E-state index in [-0.39, 0.29) is 5.91 Å². The number of hydrogen-bond acceptors (Lipinski definition) is 3. The summed E-state index contributed by atoms with van der Waals surface area (Å²) in [6.45, 7) is 11.5. The Morgan fingerprint density at radius 3 is 2.46 bits per heavy atom. The molecule has 4 heteroatoms. The number of amides is 1. The Morgan fingerprint density at radius 2 is 1.79 bits per heavy atom. The van der Waals surface area contributed by atoms with Crippen molar-refractivity contribution in [2.24, 2.45) is 5.92 Å². The molecule has 134 valence electrons. The zero-order valence-electron chi connectivity index (χ0n) is 15.3. The van der Waals surface area contributed by atoms with Crippen molar-refractivity contribution >= 4 is 5.91 Å². The standard InChI is InChI=1S/C20H33N3O/c1-3-7-18(2)16-20(24)21-10-11-22-12-14-23(15-13-22)17-19-8-5-4-6-9-19/h4-6,8-9,18H,3,7,10-17H2,1-2H3,(H,21,24). The Morgan fingerprint density at radius 1 is 1.12 bits per heavy atom. The fourth-order valence-corrected chi connectivity index (χ4v) is 3.35. The highest BCUT2D eigenvalue weighted by molar-refractivity contribution is 5.76. The van der Waals surface area contributed by atoms with Crippen LogP contribution in [0.2, 0.25) is 0 Å². The number of carbonyl (C=O) groups excluding carboxylic acids is 1. The summed E-state index contributed by atoms with van der Waals surface area (Å²) >= 11 is 0. The highest BCUT2D eigenvalue weighted by Gasteiger charge is 2.17. The smallest absolute Gasteiger partial charge is 0.220 e. The van der Waals surface area contributed by atoms with Crippen LogP contribution in [-0.2, 0) is 11.3 Å². The van der Waals surface area contributed by atoms with Crippen molar-refractivity contribution < 1.29 is 4.79 Å². The molecule has 0 radical (unpaired) electrons. The molecule has 1 aromatic carbocycles. The molecule has 0 bridgehead atoms. The average Bonchev–Trinajstić information content (AvgIpc) is 2.57. The second-order valence-corrected chi connectivity index (χ2v) is 7.05. The van der Waals surface area contributed by atoms with E-state index in [0.717, 1.165) is 58.7 Å². The van der Waals surface area contributed by atoms with Gasteiger partial charge in [0, 0.05) is 52.2 Å². The van der Waals surface area contributed by atoms with Crippen LogP contribution >= 0.6 is 0 Å². The van der Waals surface area contributed by atoms with Crippen molar-refractivity contribution in [2.45, 2.75) is 39.7 Å². The molecule has 0 spiro atoms. The quantitative estimate of drug-likeness (QED) is 0.756. The molecule has 2 rings (SSSR count). The first kappa shape index (κ1) is 18.9. The van der Waals surface area contributed by atoms with Crippen LogP contribution in [-0.4, -0.2) is 55.0 Å². The van der Waals surface area contributed by atoms with Gasteiger partial charge in [0.2, 0.25) is 5.91 Å². The normalized spacial score (nSPS) is 17.6. The molecule has 1 atom stereocenters. The molecule has 4 nitrogen and oxygen atoms in total. The summed E-state index contributed by atoms with van der Waals surface area (Å²) in [5.74, 6) is 0.704. The van der Waals surface area contributed by atoms with Crippen molar-refractivity contribution in [3.8, 4) is 0 Å². The fraction of sp³-hybridized carbons (Fsp3) is 0.650. The van der Waals surface area contributed by atoms with Gasteiger partial charge in [0.25, 0.3) is 0 Å². The van der Waals surface area contributed by atoms with Crippen molar-refractivity contribution in [1.82, 2.24) is 15.1 Å². The summed E-state index contributed by atoms with van der Waals surface area (Å²) < 4.78 is 0. The highest BCUT2D eigenvalue weighted by Crippen LogP contribution is 2.10. The van der Waals surface area contributed by atoms with Gasteiger partial charge in [-0.1, -0.05) is 57.0 Å². The van der Waals surface area contributed by atoms with Crippen LogP contribution in [0.15, 0.2) is 30.3 Å². The van der Waals surface area contributed by atoms with Crippen LogP contribution in [0, 0.1) is 5.92 Å². The van der Waals surface area contributed by atoms with Gasteiger partial charge in [0.15, 0.2) is 0 Å². The minimum absolute atomic E-state index is 0.207. The Labute approximate surface area is 147 Å². The molecule has 0 aromatic heterocycles. The molecular formula is C20H33N3O.